The smallest absolute Gasteiger partial charge is 0.251 e. The first kappa shape index (κ1) is 20.6. The summed E-state index contributed by atoms with van der Waals surface area (Å²) in [6.07, 6.45) is 6.25. The number of rotatable bonds is 6. The monoisotopic (exact) mass is 406 g/mol. The highest BCUT2D eigenvalue weighted by Gasteiger charge is 2.15. The number of fused-ring (bicyclic) bond motifs is 1. The molecule has 0 saturated carbocycles. The molecule has 29 heavy (non-hydrogen) atoms. The molecule has 0 spiro atoms. The molecule has 0 saturated heterocycles. The summed E-state index contributed by atoms with van der Waals surface area (Å²) in [4.78, 5) is 21.4. The topological polar surface area (TPSA) is 59.8 Å². The van der Waals surface area contributed by atoms with E-state index in [-0.39, 0.29) is 24.4 Å². The third-order valence-corrected chi connectivity index (χ3v) is 4.87. The van der Waals surface area contributed by atoms with E-state index in [1.165, 1.54) is 0 Å². The molecule has 0 unspecified atom stereocenters. The fourth-order valence-electron chi connectivity index (χ4n) is 3.37. The molecule has 0 aliphatic heterocycles. The minimum atomic E-state index is -0.0839. The van der Waals surface area contributed by atoms with Crippen LogP contribution < -0.4 is 5.32 Å². The van der Waals surface area contributed by atoms with Crippen LogP contribution in [0.4, 0.5) is 0 Å². The molecule has 2 heterocycles. The Morgan fingerprint density at radius 3 is 2.66 bits per heavy atom. The number of nitrogens with one attached hydrogen (secondary N) is 1. The lowest BCUT2D eigenvalue weighted by Crippen LogP contribution is -2.28. The molecule has 1 amide bonds. The molecule has 1 atom stereocenters. The highest BCUT2D eigenvalue weighted by Crippen LogP contribution is 2.19. The molecule has 148 valence electrons. The Labute approximate surface area is 176 Å². The van der Waals surface area contributed by atoms with Crippen molar-refractivity contribution in [2.24, 2.45) is 0 Å². The van der Waals surface area contributed by atoms with Crippen molar-refractivity contribution in [3.8, 4) is 0 Å². The van der Waals surface area contributed by atoms with Crippen molar-refractivity contribution in [1.29, 1.82) is 0 Å². The maximum absolute atomic E-state index is 12.8. The Hall–Kier alpha value is -3.18. The van der Waals surface area contributed by atoms with Crippen LogP contribution in [0.3, 0.4) is 0 Å². The van der Waals surface area contributed by atoms with Gasteiger partial charge in [0.15, 0.2) is 0 Å². The molecule has 2 aromatic heterocycles. The van der Waals surface area contributed by atoms with Gasteiger partial charge in [-0.2, -0.15) is 0 Å². The number of nitrogens with zero attached hydrogens (tertiary/aromatic N) is 3. The second-order valence-corrected chi connectivity index (χ2v) is 6.78. The van der Waals surface area contributed by atoms with Crippen LogP contribution in [0.25, 0.3) is 11.0 Å². The number of carbonyl (C=O) groups is 1. The summed E-state index contributed by atoms with van der Waals surface area (Å²) in [6, 6.07) is 19.7. The van der Waals surface area contributed by atoms with E-state index in [1.54, 1.807) is 12.5 Å². The van der Waals surface area contributed by atoms with Gasteiger partial charge in [0.2, 0.25) is 0 Å². The first-order valence-electron chi connectivity index (χ1n) is 9.44. The Morgan fingerprint density at radius 1 is 1.10 bits per heavy atom. The largest absolute Gasteiger partial charge is 0.345 e. The third kappa shape index (κ3) is 4.63. The van der Waals surface area contributed by atoms with E-state index in [4.69, 9.17) is 0 Å². The maximum Gasteiger partial charge on any atom is 0.251 e. The first-order valence-corrected chi connectivity index (χ1v) is 9.44. The van der Waals surface area contributed by atoms with Gasteiger partial charge in [0.25, 0.3) is 5.91 Å². The SMILES string of the molecule is CC[C@@H](NC(=O)c1ccc2c(c1)ncn2Cc1cccnc1)c1ccccc1.Cl. The molecular weight excluding hydrogens is 384 g/mol. The van der Waals surface area contributed by atoms with Gasteiger partial charge in [-0.1, -0.05) is 43.3 Å². The minimum Gasteiger partial charge on any atom is -0.345 e. The molecule has 0 aliphatic carbocycles. The van der Waals surface area contributed by atoms with Crippen LogP contribution in [-0.4, -0.2) is 20.4 Å². The van der Waals surface area contributed by atoms with Gasteiger partial charge in [-0.15, -0.1) is 12.4 Å². The average molecular weight is 407 g/mol. The highest BCUT2D eigenvalue weighted by molar-refractivity contribution is 5.97. The fourth-order valence-corrected chi connectivity index (χ4v) is 3.37. The van der Waals surface area contributed by atoms with Gasteiger partial charge < -0.3 is 9.88 Å². The molecule has 0 fully saturated rings. The molecule has 4 aromatic rings. The van der Waals surface area contributed by atoms with Crippen molar-refractivity contribution < 1.29 is 4.79 Å². The summed E-state index contributed by atoms with van der Waals surface area (Å²) in [5, 5.41) is 3.13. The molecule has 0 bridgehead atoms. The normalized spacial score (nSPS) is 11.6. The van der Waals surface area contributed by atoms with Gasteiger partial charge in [0, 0.05) is 18.0 Å². The Morgan fingerprint density at radius 2 is 1.93 bits per heavy atom. The van der Waals surface area contributed by atoms with E-state index >= 15 is 0 Å². The molecule has 6 heteroatoms. The number of hydrogen-bond donors (Lipinski definition) is 1. The molecule has 1 N–H and O–H groups in total. The van der Waals surface area contributed by atoms with Gasteiger partial charge in [0.1, 0.15) is 0 Å². The Balaban J connectivity index is 0.00000240. The van der Waals surface area contributed by atoms with Crippen molar-refractivity contribution in [2.75, 3.05) is 0 Å². The number of aromatic nitrogens is 3. The standard InChI is InChI=1S/C23H22N4O.ClH/c1-2-20(18-8-4-3-5-9-18)26-23(28)19-10-11-22-21(13-19)25-16-27(22)15-17-7-6-12-24-14-17;/h3-14,16,20H,2,15H2,1H3,(H,26,28);1H/t20-;/m1./s1. The van der Waals surface area contributed by atoms with E-state index in [0.29, 0.717) is 12.1 Å². The van der Waals surface area contributed by atoms with Crippen molar-refractivity contribution in [2.45, 2.75) is 25.9 Å². The lowest BCUT2D eigenvalue weighted by atomic mass is 10.0. The van der Waals surface area contributed by atoms with Crippen molar-refractivity contribution in [1.82, 2.24) is 19.9 Å². The second-order valence-electron chi connectivity index (χ2n) is 6.78. The maximum atomic E-state index is 12.8. The lowest BCUT2D eigenvalue weighted by molar-refractivity contribution is 0.0935. The van der Waals surface area contributed by atoms with Crippen molar-refractivity contribution >= 4 is 29.3 Å². The number of benzene rings is 2. The van der Waals surface area contributed by atoms with E-state index in [1.807, 2.05) is 66.9 Å². The minimum absolute atomic E-state index is 0. The zero-order valence-electron chi connectivity index (χ0n) is 16.2. The highest BCUT2D eigenvalue weighted by atomic mass is 35.5. The van der Waals surface area contributed by atoms with Gasteiger partial charge in [-0.05, 0) is 41.8 Å². The number of hydrogen-bond acceptors (Lipinski definition) is 3. The first-order chi connectivity index (χ1) is 13.7. The zero-order chi connectivity index (χ0) is 19.3. The van der Waals surface area contributed by atoms with Crippen molar-refractivity contribution in [3.63, 3.8) is 0 Å². The van der Waals surface area contributed by atoms with Crippen LogP contribution in [0.1, 0.15) is 40.9 Å². The molecular formula is C23H23ClN4O. The van der Waals surface area contributed by atoms with Gasteiger partial charge >= 0.3 is 0 Å². The van der Waals surface area contributed by atoms with E-state index < -0.39 is 0 Å². The van der Waals surface area contributed by atoms with Crippen molar-refractivity contribution in [3.05, 3.63) is 96.1 Å². The predicted octanol–water partition coefficient (Wildman–Crippen LogP) is 4.78. The average Bonchev–Trinajstić information content (AvgIpc) is 3.15. The number of amides is 1. The number of halogens is 1. The van der Waals surface area contributed by atoms with Crippen LogP contribution in [0.5, 0.6) is 0 Å². The number of pyridine rings is 1. The van der Waals surface area contributed by atoms with Crippen LogP contribution in [-0.2, 0) is 6.54 Å². The molecule has 4 rings (SSSR count). The molecule has 0 aliphatic rings. The third-order valence-electron chi connectivity index (χ3n) is 4.87. The fraction of sp³-hybridized carbons (Fsp3) is 0.174. The summed E-state index contributed by atoms with van der Waals surface area (Å²) in [7, 11) is 0. The van der Waals surface area contributed by atoms with E-state index in [9.17, 15) is 4.79 Å². The summed E-state index contributed by atoms with van der Waals surface area (Å²) in [5.41, 5.74) is 4.64. The van der Waals surface area contributed by atoms with Gasteiger partial charge in [-0.3, -0.25) is 9.78 Å². The Bertz CT molecular complexity index is 1080. The second kappa shape index (κ2) is 9.34. The summed E-state index contributed by atoms with van der Waals surface area (Å²) in [5.74, 6) is -0.0839. The van der Waals surface area contributed by atoms with Crippen LogP contribution >= 0.6 is 12.4 Å². The zero-order valence-corrected chi connectivity index (χ0v) is 17.0. The lowest BCUT2D eigenvalue weighted by Gasteiger charge is -2.17. The summed E-state index contributed by atoms with van der Waals surface area (Å²) in [6.45, 7) is 2.77. The summed E-state index contributed by atoms with van der Waals surface area (Å²) >= 11 is 0. The quantitative estimate of drug-likeness (QED) is 0.501. The molecule has 5 nitrogen and oxygen atoms in total. The van der Waals surface area contributed by atoms with E-state index in [2.05, 4.69) is 26.8 Å². The van der Waals surface area contributed by atoms with Crippen LogP contribution in [0.2, 0.25) is 0 Å². The van der Waals surface area contributed by atoms with Crippen LogP contribution in [0.15, 0.2) is 79.4 Å². The molecule has 2 aromatic carbocycles. The Kier molecular flexibility index (Phi) is 6.62. The van der Waals surface area contributed by atoms with E-state index in [0.717, 1.165) is 28.6 Å². The van der Waals surface area contributed by atoms with Crippen LogP contribution in [0, 0.1) is 0 Å². The van der Waals surface area contributed by atoms with Gasteiger partial charge in [0.05, 0.1) is 29.9 Å². The number of imidazole rings is 1. The summed E-state index contributed by atoms with van der Waals surface area (Å²) < 4.78 is 2.06. The predicted molar refractivity (Wildman–Crippen MR) is 117 cm³/mol. The van der Waals surface area contributed by atoms with Gasteiger partial charge in [-0.25, -0.2) is 4.98 Å². The molecule has 0 radical (unpaired) electrons. The number of carbonyl (C=O) groups excluding carboxylic acids is 1.